The highest BCUT2D eigenvalue weighted by molar-refractivity contribution is 9.10. The third kappa shape index (κ3) is 3.64. The summed E-state index contributed by atoms with van der Waals surface area (Å²) in [7, 11) is 1.57. The van der Waals surface area contributed by atoms with Gasteiger partial charge in [0.25, 0.3) is 5.56 Å². The van der Waals surface area contributed by atoms with E-state index < -0.39 is 11.2 Å². The molecule has 0 radical (unpaired) electrons. The highest BCUT2D eigenvalue weighted by Crippen LogP contribution is 2.24. The molecule has 0 bridgehead atoms. The van der Waals surface area contributed by atoms with Crippen LogP contribution in [0.15, 0.2) is 38.3 Å². The molecule has 0 aliphatic rings. The summed E-state index contributed by atoms with van der Waals surface area (Å²) in [6, 6.07) is 7.20. The van der Waals surface area contributed by atoms with E-state index in [9.17, 15) is 9.59 Å². The van der Waals surface area contributed by atoms with E-state index >= 15 is 0 Å². The SMILES string of the molecule is COCCCn1c(=O)[nH]c(Cl)c(-c2cccc(Br)c2)c1=O. The van der Waals surface area contributed by atoms with Crippen LogP contribution >= 0.6 is 27.5 Å². The molecule has 0 saturated heterocycles. The van der Waals surface area contributed by atoms with Crippen LogP contribution in [0.4, 0.5) is 0 Å². The largest absolute Gasteiger partial charge is 0.385 e. The van der Waals surface area contributed by atoms with Crippen LogP contribution in [0.1, 0.15) is 6.42 Å². The lowest BCUT2D eigenvalue weighted by molar-refractivity contribution is 0.189. The van der Waals surface area contributed by atoms with Gasteiger partial charge in [0.1, 0.15) is 5.15 Å². The van der Waals surface area contributed by atoms with Crippen molar-refractivity contribution in [1.29, 1.82) is 0 Å². The van der Waals surface area contributed by atoms with Gasteiger partial charge in [-0.05, 0) is 24.1 Å². The number of aromatic amines is 1. The summed E-state index contributed by atoms with van der Waals surface area (Å²) in [4.78, 5) is 26.9. The molecule has 5 nitrogen and oxygen atoms in total. The Hall–Kier alpha value is -1.37. The quantitative estimate of drug-likeness (QED) is 0.647. The van der Waals surface area contributed by atoms with Crippen LogP contribution in [0.2, 0.25) is 5.15 Å². The first-order valence-corrected chi connectivity index (χ1v) is 7.49. The lowest BCUT2D eigenvalue weighted by Gasteiger charge is -2.09. The number of benzene rings is 1. The predicted molar refractivity (Wildman–Crippen MR) is 86.0 cm³/mol. The maximum atomic E-state index is 12.5. The Morgan fingerprint density at radius 1 is 1.38 bits per heavy atom. The molecule has 1 N–H and O–H groups in total. The average molecular weight is 374 g/mol. The van der Waals surface area contributed by atoms with E-state index in [2.05, 4.69) is 20.9 Å². The van der Waals surface area contributed by atoms with Gasteiger partial charge in [0, 0.05) is 24.7 Å². The summed E-state index contributed by atoms with van der Waals surface area (Å²) < 4.78 is 6.90. The Bertz CT molecular complexity index is 755. The molecule has 0 aliphatic carbocycles. The van der Waals surface area contributed by atoms with Gasteiger partial charge >= 0.3 is 5.69 Å². The van der Waals surface area contributed by atoms with Crippen molar-refractivity contribution >= 4 is 27.5 Å². The molecule has 112 valence electrons. The molecule has 1 aromatic heterocycles. The minimum Gasteiger partial charge on any atom is -0.385 e. The Morgan fingerprint density at radius 3 is 2.81 bits per heavy atom. The van der Waals surface area contributed by atoms with Gasteiger partial charge in [-0.3, -0.25) is 14.3 Å². The highest BCUT2D eigenvalue weighted by atomic mass is 79.9. The third-order valence-electron chi connectivity index (χ3n) is 2.98. The summed E-state index contributed by atoms with van der Waals surface area (Å²) in [6.07, 6.45) is 0.568. The number of halogens is 2. The Morgan fingerprint density at radius 2 is 2.14 bits per heavy atom. The van der Waals surface area contributed by atoms with Crippen LogP contribution in [0.5, 0.6) is 0 Å². The Kier molecular flexibility index (Phi) is 5.39. The van der Waals surface area contributed by atoms with Gasteiger partial charge < -0.3 is 4.74 Å². The third-order valence-corrected chi connectivity index (χ3v) is 3.76. The van der Waals surface area contributed by atoms with Crippen molar-refractivity contribution in [3.63, 3.8) is 0 Å². The number of nitrogens with one attached hydrogen (secondary N) is 1. The van der Waals surface area contributed by atoms with E-state index in [0.717, 1.165) is 9.04 Å². The topological polar surface area (TPSA) is 64.1 Å². The molecule has 21 heavy (non-hydrogen) atoms. The highest BCUT2D eigenvalue weighted by Gasteiger charge is 2.14. The lowest BCUT2D eigenvalue weighted by atomic mass is 10.1. The molecular weight excluding hydrogens is 360 g/mol. The molecule has 0 amide bonds. The van der Waals surface area contributed by atoms with Gasteiger partial charge in [-0.15, -0.1) is 0 Å². The van der Waals surface area contributed by atoms with Crippen molar-refractivity contribution in [3.05, 3.63) is 54.7 Å². The van der Waals surface area contributed by atoms with Crippen LogP contribution in [-0.4, -0.2) is 23.3 Å². The van der Waals surface area contributed by atoms with Gasteiger partial charge in [0.05, 0.1) is 5.56 Å². The van der Waals surface area contributed by atoms with E-state index in [1.165, 1.54) is 0 Å². The van der Waals surface area contributed by atoms with E-state index in [4.69, 9.17) is 16.3 Å². The Balaban J connectivity index is 2.54. The summed E-state index contributed by atoms with van der Waals surface area (Å²) in [5.74, 6) is 0. The van der Waals surface area contributed by atoms with E-state index in [-0.39, 0.29) is 17.3 Å². The maximum absolute atomic E-state index is 12.5. The number of hydrogen-bond donors (Lipinski definition) is 1. The summed E-state index contributed by atoms with van der Waals surface area (Å²) in [6.45, 7) is 0.751. The summed E-state index contributed by atoms with van der Waals surface area (Å²) in [5.41, 5.74) is 0.0175. The molecule has 2 rings (SSSR count). The van der Waals surface area contributed by atoms with Gasteiger partial charge in [0.15, 0.2) is 0 Å². The van der Waals surface area contributed by atoms with Gasteiger partial charge in [-0.25, -0.2) is 4.79 Å². The first-order chi connectivity index (χ1) is 10.0. The molecular formula is C14H14BrClN2O3. The molecule has 1 aromatic carbocycles. The molecule has 0 spiro atoms. The second kappa shape index (κ2) is 7.06. The van der Waals surface area contributed by atoms with Gasteiger partial charge in [-0.2, -0.15) is 0 Å². The summed E-state index contributed by atoms with van der Waals surface area (Å²) >= 11 is 9.40. The fourth-order valence-electron chi connectivity index (χ4n) is 2.01. The molecule has 0 fully saturated rings. The smallest absolute Gasteiger partial charge is 0.329 e. The second-order valence-corrected chi connectivity index (χ2v) is 5.73. The van der Waals surface area contributed by atoms with Crippen LogP contribution in [-0.2, 0) is 11.3 Å². The van der Waals surface area contributed by atoms with Crippen LogP contribution in [0, 0.1) is 0 Å². The molecule has 0 atom stereocenters. The van der Waals surface area contributed by atoms with Crippen LogP contribution in [0.25, 0.3) is 11.1 Å². The normalized spacial score (nSPS) is 10.8. The number of nitrogens with zero attached hydrogens (tertiary/aromatic N) is 1. The zero-order valence-electron chi connectivity index (χ0n) is 11.4. The lowest BCUT2D eigenvalue weighted by Crippen LogP contribution is -2.36. The van der Waals surface area contributed by atoms with Crippen molar-refractivity contribution in [2.45, 2.75) is 13.0 Å². The number of rotatable bonds is 5. The zero-order chi connectivity index (χ0) is 15.4. The fourth-order valence-corrected chi connectivity index (χ4v) is 2.68. The molecule has 0 unspecified atom stereocenters. The molecule has 7 heteroatoms. The zero-order valence-corrected chi connectivity index (χ0v) is 13.7. The van der Waals surface area contributed by atoms with Crippen molar-refractivity contribution < 1.29 is 4.74 Å². The van der Waals surface area contributed by atoms with Gasteiger partial charge in [0.2, 0.25) is 0 Å². The second-order valence-electron chi connectivity index (χ2n) is 4.43. The first kappa shape index (κ1) is 16.0. The number of methoxy groups -OCH3 is 1. The Labute approximate surface area is 134 Å². The maximum Gasteiger partial charge on any atom is 0.329 e. The number of hydrogen-bond acceptors (Lipinski definition) is 3. The average Bonchev–Trinajstić information content (AvgIpc) is 2.42. The van der Waals surface area contributed by atoms with E-state index in [0.29, 0.717) is 18.6 Å². The number of H-pyrrole nitrogens is 1. The number of ether oxygens (including phenoxy) is 1. The number of aromatic nitrogens is 2. The molecule has 0 aliphatic heterocycles. The van der Waals surface area contributed by atoms with Gasteiger partial charge in [-0.1, -0.05) is 39.7 Å². The van der Waals surface area contributed by atoms with Crippen molar-refractivity contribution in [1.82, 2.24) is 9.55 Å². The van der Waals surface area contributed by atoms with Crippen LogP contribution in [0.3, 0.4) is 0 Å². The fraction of sp³-hybridized carbons (Fsp3) is 0.286. The van der Waals surface area contributed by atoms with E-state index in [1.807, 2.05) is 6.07 Å². The predicted octanol–water partition coefficient (Wildman–Crippen LogP) is 2.66. The standard InChI is InChI=1S/C14H14BrClN2O3/c1-21-7-3-6-18-13(19)11(12(16)17-14(18)20)9-4-2-5-10(15)8-9/h2,4-5,8H,3,6-7H2,1H3,(H,17,20). The molecule has 0 saturated carbocycles. The monoisotopic (exact) mass is 372 g/mol. The molecule has 2 aromatic rings. The first-order valence-electron chi connectivity index (χ1n) is 6.32. The summed E-state index contributed by atoms with van der Waals surface area (Å²) in [5, 5.41) is 0.0473. The van der Waals surface area contributed by atoms with Crippen molar-refractivity contribution in [2.24, 2.45) is 0 Å². The van der Waals surface area contributed by atoms with Crippen LogP contribution < -0.4 is 11.2 Å². The minimum atomic E-state index is -0.514. The van der Waals surface area contributed by atoms with E-state index in [1.54, 1.807) is 25.3 Å². The minimum absolute atomic E-state index is 0.0473. The van der Waals surface area contributed by atoms with Crippen molar-refractivity contribution in [2.75, 3.05) is 13.7 Å². The molecule has 1 heterocycles. The van der Waals surface area contributed by atoms with Crippen molar-refractivity contribution in [3.8, 4) is 11.1 Å².